The number of unbranched alkanes of at least 4 members (excludes halogenated alkanes) is 13. The van der Waals surface area contributed by atoms with Crippen LogP contribution in [0.25, 0.3) is 21.9 Å². The van der Waals surface area contributed by atoms with Crippen molar-refractivity contribution >= 4 is 33.7 Å². The molecule has 0 bridgehead atoms. The van der Waals surface area contributed by atoms with Crippen molar-refractivity contribution in [3.05, 3.63) is 65.5 Å². The molecule has 0 saturated heterocycles. The van der Waals surface area contributed by atoms with Gasteiger partial charge in [0, 0.05) is 36.9 Å². The number of hydrogen-bond donors (Lipinski definition) is 2. The summed E-state index contributed by atoms with van der Waals surface area (Å²) in [5, 5.41) is 7.89. The van der Waals surface area contributed by atoms with E-state index < -0.39 is 0 Å². The number of aryl methyl sites for hydroxylation is 1. The van der Waals surface area contributed by atoms with E-state index in [2.05, 4.69) is 98.4 Å². The van der Waals surface area contributed by atoms with Crippen LogP contribution in [0.5, 0.6) is 0 Å². The van der Waals surface area contributed by atoms with Crippen LogP contribution >= 0.6 is 0 Å². The molecule has 0 radical (unpaired) electrons. The minimum absolute atomic E-state index is 0.132. The molecule has 0 unspecified atom stereocenters. The van der Waals surface area contributed by atoms with Crippen molar-refractivity contribution < 1.29 is 4.79 Å². The molecule has 0 saturated carbocycles. The van der Waals surface area contributed by atoms with Crippen LogP contribution in [-0.2, 0) is 24.3 Å². The average Bonchev–Trinajstić information content (AvgIpc) is 3.43. The van der Waals surface area contributed by atoms with Crippen molar-refractivity contribution in [2.75, 3.05) is 5.32 Å². The number of anilines is 1. The van der Waals surface area contributed by atoms with Gasteiger partial charge >= 0.3 is 0 Å². The fourth-order valence-electron chi connectivity index (χ4n) is 6.56. The lowest BCUT2D eigenvalue weighted by Gasteiger charge is -2.22. The maximum absolute atomic E-state index is 12.5. The molecule has 2 aromatic carbocycles. The number of rotatable bonds is 22. The van der Waals surface area contributed by atoms with E-state index in [1.807, 2.05) is 0 Å². The normalized spacial score (nSPS) is 11.9. The Morgan fingerprint density at radius 1 is 0.708 bits per heavy atom. The smallest absolute Gasteiger partial charge is 0.220 e. The molecule has 2 heterocycles. The molecule has 1 amide bonds. The number of benzene rings is 2. The summed E-state index contributed by atoms with van der Waals surface area (Å²) in [5.41, 5.74) is 5.28. The van der Waals surface area contributed by atoms with Gasteiger partial charge in [-0.3, -0.25) is 4.79 Å². The van der Waals surface area contributed by atoms with Gasteiger partial charge in [0.05, 0.1) is 11.0 Å². The van der Waals surface area contributed by atoms with E-state index in [1.54, 1.807) is 0 Å². The van der Waals surface area contributed by atoms with Gasteiger partial charge in [-0.25, -0.2) is 9.97 Å². The third-order valence-corrected chi connectivity index (χ3v) is 9.27. The van der Waals surface area contributed by atoms with Crippen molar-refractivity contribution in [3.63, 3.8) is 0 Å². The molecular weight excluding hydrogens is 590 g/mol. The van der Waals surface area contributed by atoms with Crippen LogP contribution in [0.2, 0.25) is 0 Å². The summed E-state index contributed by atoms with van der Waals surface area (Å²) in [7, 11) is 0. The van der Waals surface area contributed by atoms with Crippen LogP contribution in [0.3, 0.4) is 0 Å². The Morgan fingerprint density at radius 2 is 1.29 bits per heavy atom. The highest BCUT2D eigenvalue weighted by molar-refractivity contribution is 6.07. The molecule has 0 aliphatic carbocycles. The third-order valence-electron chi connectivity index (χ3n) is 9.27. The number of nitrogens with one attached hydrogen (secondary N) is 2. The van der Waals surface area contributed by atoms with Crippen LogP contribution in [0.1, 0.15) is 154 Å². The van der Waals surface area contributed by atoms with Gasteiger partial charge in [0.25, 0.3) is 0 Å². The number of hydrogen-bond acceptors (Lipinski definition) is 4. The lowest BCUT2D eigenvalue weighted by atomic mass is 10.0. The highest BCUT2D eigenvalue weighted by Crippen LogP contribution is 2.32. The number of carbonyl (C=O) groups excluding carboxylic acids is 1. The van der Waals surface area contributed by atoms with E-state index in [9.17, 15) is 4.79 Å². The molecule has 6 heteroatoms. The highest BCUT2D eigenvalue weighted by atomic mass is 16.1. The number of nitrogens with zero attached hydrogens (tertiary/aromatic N) is 3. The molecule has 2 aromatic heterocycles. The molecule has 262 valence electrons. The third kappa shape index (κ3) is 11.9. The predicted molar refractivity (Wildman–Crippen MR) is 205 cm³/mol. The van der Waals surface area contributed by atoms with Crippen LogP contribution in [0, 0.1) is 0 Å². The van der Waals surface area contributed by atoms with Gasteiger partial charge in [-0.1, -0.05) is 140 Å². The number of carbonyl (C=O) groups is 1. The summed E-state index contributed by atoms with van der Waals surface area (Å²) in [6.45, 7) is 12.3. The molecule has 0 atom stereocenters. The van der Waals surface area contributed by atoms with Crippen molar-refractivity contribution in [3.8, 4) is 0 Å². The Kier molecular flexibility index (Phi) is 15.2. The first-order valence-corrected chi connectivity index (χ1v) is 19.2. The fourth-order valence-corrected chi connectivity index (χ4v) is 6.56. The fraction of sp³-hybridized carbons (Fsp3) is 0.595. The van der Waals surface area contributed by atoms with Crippen LogP contribution in [0.4, 0.5) is 5.82 Å². The van der Waals surface area contributed by atoms with Gasteiger partial charge in [0.15, 0.2) is 5.82 Å². The topological polar surface area (TPSA) is 71.8 Å². The number of pyridine rings is 1. The number of imidazole rings is 1. The minimum Gasteiger partial charge on any atom is -0.364 e. The molecule has 0 aliphatic rings. The van der Waals surface area contributed by atoms with Crippen LogP contribution in [-0.4, -0.2) is 26.0 Å². The van der Waals surface area contributed by atoms with Gasteiger partial charge in [-0.2, -0.15) is 0 Å². The SMILES string of the molecule is CCCCCCCCCCCCCCCC(=O)NCc1ccc(Cn2c(CCCC)nc3c(NC(C)(C)C)nc4ccccc4c32)cc1. The summed E-state index contributed by atoms with van der Waals surface area (Å²) in [4.78, 5) is 22.7. The van der Waals surface area contributed by atoms with E-state index in [1.165, 1.54) is 76.2 Å². The maximum Gasteiger partial charge on any atom is 0.220 e. The largest absolute Gasteiger partial charge is 0.364 e. The first-order chi connectivity index (χ1) is 23.3. The average molecular weight is 654 g/mol. The zero-order valence-corrected chi connectivity index (χ0v) is 30.8. The maximum atomic E-state index is 12.5. The lowest BCUT2D eigenvalue weighted by molar-refractivity contribution is -0.121. The zero-order valence-electron chi connectivity index (χ0n) is 30.8. The Balaban J connectivity index is 1.28. The molecule has 0 fully saturated rings. The van der Waals surface area contributed by atoms with Crippen molar-refractivity contribution in [1.29, 1.82) is 0 Å². The Labute approximate surface area is 290 Å². The number of fused-ring (bicyclic) bond motifs is 3. The second-order valence-electron chi connectivity index (χ2n) is 14.9. The minimum atomic E-state index is -0.132. The molecular formula is C42H63N5O. The van der Waals surface area contributed by atoms with E-state index in [4.69, 9.17) is 9.97 Å². The molecule has 48 heavy (non-hydrogen) atoms. The van der Waals surface area contributed by atoms with E-state index in [0.29, 0.717) is 13.0 Å². The van der Waals surface area contributed by atoms with Crippen molar-refractivity contribution in [1.82, 2.24) is 19.9 Å². The molecule has 0 spiro atoms. The van der Waals surface area contributed by atoms with E-state index in [-0.39, 0.29) is 11.4 Å². The Bertz CT molecular complexity index is 1530. The first-order valence-electron chi connectivity index (χ1n) is 19.2. The Morgan fingerprint density at radius 3 is 1.92 bits per heavy atom. The molecule has 2 N–H and O–H groups in total. The first kappa shape index (κ1) is 37.4. The highest BCUT2D eigenvalue weighted by Gasteiger charge is 2.21. The summed E-state index contributed by atoms with van der Waals surface area (Å²) < 4.78 is 2.40. The molecule has 4 aromatic rings. The van der Waals surface area contributed by atoms with Gasteiger partial charge in [0.1, 0.15) is 11.3 Å². The monoisotopic (exact) mass is 654 g/mol. The summed E-state index contributed by atoms with van der Waals surface area (Å²) in [6.07, 6.45) is 20.9. The summed E-state index contributed by atoms with van der Waals surface area (Å²) >= 11 is 0. The van der Waals surface area contributed by atoms with Gasteiger partial charge in [0.2, 0.25) is 5.91 Å². The predicted octanol–water partition coefficient (Wildman–Crippen LogP) is 11.3. The second-order valence-corrected chi connectivity index (χ2v) is 14.9. The van der Waals surface area contributed by atoms with Crippen molar-refractivity contribution in [2.24, 2.45) is 0 Å². The molecule has 6 nitrogen and oxygen atoms in total. The van der Waals surface area contributed by atoms with E-state index >= 15 is 0 Å². The zero-order chi connectivity index (χ0) is 34.2. The van der Waals surface area contributed by atoms with Crippen molar-refractivity contribution in [2.45, 2.75) is 162 Å². The standard InChI is InChI=1S/C42H63N5O/c1-6-8-10-11-12-13-14-15-16-17-18-19-20-26-38(48)43-31-33-27-29-34(30-28-33)32-47-37(25-9-7-2)45-39-40(47)35-23-21-22-24-36(35)44-41(39)46-42(3,4)5/h21-24,27-30H,6-20,25-26,31-32H2,1-5H3,(H,43,48)(H,44,46). The van der Waals surface area contributed by atoms with Gasteiger partial charge in [-0.05, 0) is 50.8 Å². The van der Waals surface area contributed by atoms with Crippen LogP contribution < -0.4 is 10.6 Å². The molecule has 4 rings (SSSR count). The lowest BCUT2D eigenvalue weighted by Crippen LogP contribution is -2.26. The second kappa shape index (κ2) is 19.6. The summed E-state index contributed by atoms with van der Waals surface area (Å²) in [5.74, 6) is 2.11. The van der Waals surface area contributed by atoms with Gasteiger partial charge < -0.3 is 15.2 Å². The quantitative estimate of drug-likeness (QED) is 0.0828. The number of amides is 1. The number of para-hydroxylation sites is 1. The Hall–Kier alpha value is -3.41. The van der Waals surface area contributed by atoms with E-state index in [0.717, 1.165) is 77.8 Å². The van der Waals surface area contributed by atoms with Crippen LogP contribution in [0.15, 0.2) is 48.5 Å². The van der Waals surface area contributed by atoms with Gasteiger partial charge in [-0.15, -0.1) is 0 Å². The number of aromatic nitrogens is 3. The molecule has 0 aliphatic heterocycles. The summed E-state index contributed by atoms with van der Waals surface area (Å²) in [6, 6.07) is 17.1.